The standard InChI is InChI=1S/C28H24N2O6/c1-4-14-34-18-10-8-17(9-11-18)28(31)35-19-12-13-20-24(15-19)36-27(30)22(16-29)25(20)21-6-5-7-23(32-2)26(21)33-3/h4-13,15,25H,1,14,30H2,2-3H3. The third kappa shape index (κ3) is 4.68. The van der Waals surface area contributed by atoms with Gasteiger partial charge in [0.25, 0.3) is 0 Å². The van der Waals surface area contributed by atoms with E-state index in [1.54, 1.807) is 60.7 Å². The van der Waals surface area contributed by atoms with Gasteiger partial charge in [-0.25, -0.2) is 4.79 Å². The number of allylic oxidation sites excluding steroid dienone is 1. The monoisotopic (exact) mass is 484 g/mol. The molecule has 2 N–H and O–H groups in total. The number of carbonyl (C=O) groups is 1. The van der Waals surface area contributed by atoms with Crippen LogP contribution in [0.2, 0.25) is 0 Å². The second-order valence-electron chi connectivity index (χ2n) is 7.72. The van der Waals surface area contributed by atoms with Gasteiger partial charge in [0, 0.05) is 17.2 Å². The van der Waals surface area contributed by atoms with Crippen LogP contribution >= 0.6 is 0 Å². The lowest BCUT2D eigenvalue weighted by atomic mass is 9.83. The lowest BCUT2D eigenvalue weighted by Gasteiger charge is -2.28. The summed E-state index contributed by atoms with van der Waals surface area (Å²) in [5, 5.41) is 9.85. The maximum absolute atomic E-state index is 12.7. The van der Waals surface area contributed by atoms with Crippen molar-refractivity contribution < 1.29 is 28.5 Å². The Kier molecular flexibility index (Phi) is 7.12. The van der Waals surface area contributed by atoms with Gasteiger partial charge in [0.2, 0.25) is 5.88 Å². The number of fused-ring (bicyclic) bond motifs is 1. The minimum Gasteiger partial charge on any atom is -0.493 e. The van der Waals surface area contributed by atoms with E-state index in [9.17, 15) is 10.1 Å². The largest absolute Gasteiger partial charge is 0.493 e. The molecule has 0 bridgehead atoms. The van der Waals surface area contributed by atoms with Crippen molar-refractivity contribution in [2.75, 3.05) is 20.8 Å². The summed E-state index contributed by atoms with van der Waals surface area (Å²) in [6, 6.07) is 19.1. The molecular formula is C28H24N2O6. The van der Waals surface area contributed by atoms with Crippen molar-refractivity contribution in [2.45, 2.75) is 5.92 Å². The Balaban J connectivity index is 1.65. The van der Waals surface area contributed by atoms with Gasteiger partial charge in [0.15, 0.2) is 11.5 Å². The predicted octanol–water partition coefficient (Wildman–Crippen LogP) is 4.71. The maximum atomic E-state index is 12.7. The molecule has 1 aliphatic rings. The first-order valence-electron chi connectivity index (χ1n) is 11.0. The summed E-state index contributed by atoms with van der Waals surface area (Å²) in [6.45, 7) is 3.97. The molecule has 3 aromatic rings. The first-order valence-corrected chi connectivity index (χ1v) is 11.0. The van der Waals surface area contributed by atoms with Gasteiger partial charge >= 0.3 is 5.97 Å². The van der Waals surface area contributed by atoms with Crippen LogP contribution in [-0.2, 0) is 0 Å². The van der Waals surface area contributed by atoms with Crippen molar-refractivity contribution in [2.24, 2.45) is 5.73 Å². The van der Waals surface area contributed by atoms with E-state index >= 15 is 0 Å². The molecule has 0 spiro atoms. The molecule has 36 heavy (non-hydrogen) atoms. The fourth-order valence-electron chi connectivity index (χ4n) is 3.97. The number of rotatable bonds is 8. The molecule has 0 amide bonds. The minimum atomic E-state index is -0.573. The zero-order valence-corrected chi connectivity index (χ0v) is 19.8. The summed E-state index contributed by atoms with van der Waals surface area (Å²) < 4.78 is 27.8. The highest BCUT2D eigenvalue weighted by Gasteiger charge is 2.33. The van der Waals surface area contributed by atoms with Crippen LogP contribution in [0.5, 0.6) is 28.7 Å². The van der Waals surface area contributed by atoms with E-state index in [0.29, 0.717) is 46.3 Å². The summed E-state index contributed by atoms with van der Waals surface area (Å²) in [6.07, 6.45) is 1.64. The molecule has 1 atom stereocenters. The highest BCUT2D eigenvalue weighted by Crippen LogP contribution is 2.47. The smallest absolute Gasteiger partial charge is 0.343 e. The molecule has 0 saturated heterocycles. The molecular weight excluding hydrogens is 460 g/mol. The fourth-order valence-corrected chi connectivity index (χ4v) is 3.97. The molecule has 1 aliphatic heterocycles. The fraction of sp³-hybridized carbons (Fsp3) is 0.143. The van der Waals surface area contributed by atoms with Crippen LogP contribution in [0.4, 0.5) is 0 Å². The van der Waals surface area contributed by atoms with Gasteiger partial charge in [-0.3, -0.25) is 0 Å². The van der Waals surface area contributed by atoms with E-state index in [-0.39, 0.29) is 17.2 Å². The molecule has 0 aliphatic carbocycles. The van der Waals surface area contributed by atoms with Crippen molar-refractivity contribution >= 4 is 5.97 Å². The average Bonchev–Trinajstić information content (AvgIpc) is 2.90. The Morgan fingerprint density at radius 2 is 1.83 bits per heavy atom. The number of nitriles is 1. The number of nitrogens with zero attached hydrogens (tertiary/aromatic N) is 1. The molecule has 8 heteroatoms. The molecule has 182 valence electrons. The zero-order valence-electron chi connectivity index (χ0n) is 19.8. The van der Waals surface area contributed by atoms with Gasteiger partial charge in [0.1, 0.15) is 35.5 Å². The number of hydrogen-bond donors (Lipinski definition) is 1. The Labute approximate surface area is 208 Å². The summed E-state index contributed by atoms with van der Waals surface area (Å²) in [4.78, 5) is 12.7. The molecule has 0 saturated carbocycles. The normalized spacial score (nSPS) is 14.1. The van der Waals surface area contributed by atoms with Crippen LogP contribution in [0, 0.1) is 11.3 Å². The van der Waals surface area contributed by atoms with E-state index in [4.69, 9.17) is 29.4 Å². The van der Waals surface area contributed by atoms with E-state index in [2.05, 4.69) is 12.6 Å². The van der Waals surface area contributed by atoms with Crippen LogP contribution < -0.4 is 29.4 Å². The quantitative estimate of drug-likeness (QED) is 0.278. The number of esters is 1. The van der Waals surface area contributed by atoms with Crippen molar-refractivity contribution in [3.8, 4) is 34.8 Å². The molecule has 1 heterocycles. The minimum absolute atomic E-state index is 0.0431. The summed E-state index contributed by atoms with van der Waals surface area (Å²) >= 11 is 0. The molecule has 4 rings (SSSR count). The number of hydrogen-bond acceptors (Lipinski definition) is 8. The third-order valence-electron chi connectivity index (χ3n) is 5.60. The maximum Gasteiger partial charge on any atom is 0.343 e. The lowest BCUT2D eigenvalue weighted by Crippen LogP contribution is -2.21. The van der Waals surface area contributed by atoms with E-state index in [0.717, 1.165) is 0 Å². The zero-order chi connectivity index (χ0) is 25.7. The molecule has 3 aromatic carbocycles. The van der Waals surface area contributed by atoms with Gasteiger partial charge in [0.05, 0.1) is 25.7 Å². The van der Waals surface area contributed by atoms with Gasteiger partial charge in [-0.15, -0.1) is 0 Å². The highest BCUT2D eigenvalue weighted by atomic mass is 16.5. The Morgan fingerprint density at radius 1 is 1.08 bits per heavy atom. The van der Waals surface area contributed by atoms with E-state index in [1.165, 1.54) is 14.2 Å². The van der Waals surface area contributed by atoms with Crippen LogP contribution in [-0.4, -0.2) is 26.8 Å². The number of methoxy groups -OCH3 is 2. The van der Waals surface area contributed by atoms with Crippen molar-refractivity contribution in [3.05, 3.63) is 101 Å². The summed E-state index contributed by atoms with van der Waals surface area (Å²) in [5.74, 6) is 1.07. The highest BCUT2D eigenvalue weighted by molar-refractivity contribution is 5.91. The second kappa shape index (κ2) is 10.6. The SMILES string of the molecule is C=CCOc1ccc(C(=O)Oc2ccc3c(c2)OC(N)=C(C#N)C3c2cccc(OC)c2OC)cc1. The average molecular weight is 485 g/mol. The van der Waals surface area contributed by atoms with Crippen LogP contribution in [0.1, 0.15) is 27.4 Å². The number of carbonyl (C=O) groups excluding carboxylic acids is 1. The first kappa shape index (κ1) is 24.2. The Morgan fingerprint density at radius 3 is 2.50 bits per heavy atom. The first-order chi connectivity index (χ1) is 17.5. The molecule has 0 radical (unpaired) electrons. The van der Waals surface area contributed by atoms with Gasteiger partial charge in [-0.1, -0.05) is 30.9 Å². The topological polar surface area (TPSA) is 113 Å². The van der Waals surface area contributed by atoms with E-state index < -0.39 is 11.9 Å². The van der Waals surface area contributed by atoms with Crippen molar-refractivity contribution in [1.29, 1.82) is 5.26 Å². The van der Waals surface area contributed by atoms with Gasteiger partial charge in [-0.2, -0.15) is 5.26 Å². The van der Waals surface area contributed by atoms with Crippen LogP contribution in [0.15, 0.2) is 84.8 Å². The lowest BCUT2D eigenvalue weighted by molar-refractivity contribution is 0.0734. The predicted molar refractivity (Wildman–Crippen MR) is 132 cm³/mol. The number of nitrogens with two attached hydrogens (primary N) is 1. The number of para-hydroxylation sites is 1. The van der Waals surface area contributed by atoms with Crippen molar-refractivity contribution in [1.82, 2.24) is 0 Å². The number of benzene rings is 3. The molecule has 1 unspecified atom stereocenters. The van der Waals surface area contributed by atoms with Crippen molar-refractivity contribution in [3.63, 3.8) is 0 Å². The van der Waals surface area contributed by atoms with Gasteiger partial charge < -0.3 is 29.4 Å². The summed E-state index contributed by atoms with van der Waals surface area (Å²) in [5.41, 5.74) is 8.06. The molecule has 0 aromatic heterocycles. The van der Waals surface area contributed by atoms with Crippen LogP contribution in [0.25, 0.3) is 0 Å². The second-order valence-corrected chi connectivity index (χ2v) is 7.72. The van der Waals surface area contributed by atoms with Crippen LogP contribution in [0.3, 0.4) is 0 Å². The third-order valence-corrected chi connectivity index (χ3v) is 5.60. The number of ether oxygens (including phenoxy) is 5. The van der Waals surface area contributed by atoms with E-state index in [1.807, 2.05) is 6.07 Å². The van der Waals surface area contributed by atoms with Gasteiger partial charge in [-0.05, 0) is 36.4 Å². The Hall–Kier alpha value is -4.90. The molecule has 8 nitrogen and oxygen atoms in total. The summed E-state index contributed by atoms with van der Waals surface area (Å²) in [7, 11) is 3.07. The Bertz CT molecular complexity index is 1370. The molecule has 0 fully saturated rings.